The first-order valence-electron chi connectivity index (χ1n) is 6.04. The van der Waals surface area contributed by atoms with Gasteiger partial charge in [0.15, 0.2) is 0 Å². The SMILES string of the molecule is C[C@@H](Cl)C(=O)N1CCCC[C@H]1c1cccnc1. The number of piperidine rings is 1. The quantitative estimate of drug-likeness (QED) is 0.759. The third-order valence-electron chi connectivity index (χ3n) is 3.20. The molecule has 1 amide bonds. The molecule has 0 radical (unpaired) electrons. The molecule has 1 aliphatic heterocycles. The summed E-state index contributed by atoms with van der Waals surface area (Å²) in [4.78, 5) is 18.1. The largest absolute Gasteiger partial charge is 0.334 e. The van der Waals surface area contributed by atoms with Crippen molar-refractivity contribution in [2.45, 2.75) is 37.6 Å². The fraction of sp³-hybridized carbons (Fsp3) is 0.538. The molecule has 0 unspecified atom stereocenters. The summed E-state index contributed by atoms with van der Waals surface area (Å²) in [6.07, 6.45) is 6.81. The van der Waals surface area contributed by atoms with Gasteiger partial charge in [0, 0.05) is 18.9 Å². The Morgan fingerprint density at radius 1 is 1.59 bits per heavy atom. The van der Waals surface area contributed by atoms with Crippen molar-refractivity contribution in [1.29, 1.82) is 0 Å². The standard InChI is InChI=1S/C13H17ClN2O/c1-10(14)13(17)16-8-3-2-6-12(16)11-5-4-7-15-9-11/h4-5,7,9-10,12H,2-3,6,8H2,1H3/t10-,12+/m1/s1. The summed E-state index contributed by atoms with van der Waals surface area (Å²) in [7, 11) is 0. The topological polar surface area (TPSA) is 33.2 Å². The molecule has 1 fully saturated rings. The molecule has 0 spiro atoms. The van der Waals surface area contributed by atoms with Crippen LogP contribution < -0.4 is 0 Å². The lowest BCUT2D eigenvalue weighted by atomic mass is 9.96. The molecule has 3 nitrogen and oxygen atoms in total. The van der Waals surface area contributed by atoms with Crippen LogP contribution in [0.3, 0.4) is 0 Å². The van der Waals surface area contributed by atoms with Crippen molar-refractivity contribution in [3.05, 3.63) is 30.1 Å². The van der Waals surface area contributed by atoms with E-state index in [4.69, 9.17) is 11.6 Å². The smallest absolute Gasteiger partial charge is 0.240 e. The lowest BCUT2D eigenvalue weighted by molar-refractivity contribution is -0.134. The number of alkyl halides is 1. The number of rotatable bonds is 2. The predicted octanol–water partition coefficient (Wildman–Crippen LogP) is 2.76. The third kappa shape index (κ3) is 2.78. The molecule has 2 atom stereocenters. The van der Waals surface area contributed by atoms with Crippen LogP contribution in [0.1, 0.15) is 37.8 Å². The maximum absolute atomic E-state index is 12.1. The Kier molecular flexibility index (Phi) is 4.00. The van der Waals surface area contributed by atoms with Crippen LogP contribution in [-0.4, -0.2) is 27.7 Å². The highest BCUT2D eigenvalue weighted by Gasteiger charge is 2.29. The van der Waals surface area contributed by atoms with E-state index < -0.39 is 5.38 Å². The number of pyridine rings is 1. The Hall–Kier alpha value is -1.09. The Morgan fingerprint density at radius 2 is 2.41 bits per heavy atom. The second-order valence-corrected chi connectivity index (χ2v) is 5.10. The first-order chi connectivity index (χ1) is 8.20. The van der Waals surface area contributed by atoms with Crippen molar-refractivity contribution in [1.82, 2.24) is 9.88 Å². The summed E-state index contributed by atoms with van der Waals surface area (Å²) < 4.78 is 0. The van der Waals surface area contributed by atoms with Crippen molar-refractivity contribution in [3.8, 4) is 0 Å². The molecule has 17 heavy (non-hydrogen) atoms. The molecule has 1 aromatic rings. The van der Waals surface area contributed by atoms with Crippen molar-refractivity contribution in [3.63, 3.8) is 0 Å². The average Bonchev–Trinajstić information content (AvgIpc) is 2.39. The van der Waals surface area contributed by atoms with Crippen LogP contribution in [0.2, 0.25) is 0 Å². The van der Waals surface area contributed by atoms with E-state index in [0.717, 1.165) is 31.4 Å². The van der Waals surface area contributed by atoms with Crippen molar-refractivity contribution in [2.75, 3.05) is 6.54 Å². The highest BCUT2D eigenvalue weighted by atomic mass is 35.5. The second-order valence-electron chi connectivity index (χ2n) is 4.45. The first kappa shape index (κ1) is 12.4. The normalized spacial score (nSPS) is 22.2. The van der Waals surface area contributed by atoms with E-state index in [1.165, 1.54) is 0 Å². The maximum atomic E-state index is 12.1. The summed E-state index contributed by atoms with van der Waals surface area (Å²) in [5.41, 5.74) is 1.11. The molecule has 1 aliphatic rings. The minimum Gasteiger partial charge on any atom is -0.334 e. The lowest BCUT2D eigenvalue weighted by Crippen LogP contribution is -2.41. The molecular formula is C13H17ClN2O. The summed E-state index contributed by atoms with van der Waals surface area (Å²) in [5.74, 6) is 0.0280. The van der Waals surface area contributed by atoms with Crippen molar-refractivity contribution in [2.24, 2.45) is 0 Å². The molecule has 2 heterocycles. The van der Waals surface area contributed by atoms with Gasteiger partial charge in [0.1, 0.15) is 5.38 Å². The van der Waals surface area contributed by atoms with E-state index >= 15 is 0 Å². The molecule has 92 valence electrons. The van der Waals surface area contributed by atoms with Gasteiger partial charge in [0.05, 0.1) is 6.04 Å². The van der Waals surface area contributed by atoms with Gasteiger partial charge in [-0.25, -0.2) is 0 Å². The minimum absolute atomic E-state index is 0.0280. The number of likely N-dealkylation sites (tertiary alicyclic amines) is 1. The number of aromatic nitrogens is 1. The van der Waals surface area contributed by atoms with Gasteiger partial charge in [-0.1, -0.05) is 6.07 Å². The van der Waals surface area contributed by atoms with Crippen LogP contribution in [0.4, 0.5) is 0 Å². The van der Waals surface area contributed by atoms with Crippen LogP contribution in [0.25, 0.3) is 0 Å². The molecular weight excluding hydrogens is 236 g/mol. The fourth-order valence-electron chi connectivity index (χ4n) is 2.34. The van der Waals surface area contributed by atoms with E-state index in [0.29, 0.717) is 0 Å². The number of hydrogen-bond donors (Lipinski definition) is 0. The predicted molar refractivity (Wildman–Crippen MR) is 67.9 cm³/mol. The van der Waals surface area contributed by atoms with Crippen LogP contribution in [-0.2, 0) is 4.79 Å². The van der Waals surface area contributed by atoms with Gasteiger partial charge in [0.2, 0.25) is 5.91 Å². The Labute approximate surface area is 107 Å². The number of halogens is 1. The average molecular weight is 253 g/mol. The molecule has 0 saturated carbocycles. The third-order valence-corrected chi connectivity index (χ3v) is 3.38. The molecule has 1 aromatic heterocycles. The number of amides is 1. The van der Waals surface area contributed by atoms with Gasteiger partial charge in [0.25, 0.3) is 0 Å². The van der Waals surface area contributed by atoms with E-state index in [1.54, 1.807) is 13.1 Å². The minimum atomic E-state index is -0.452. The van der Waals surface area contributed by atoms with Gasteiger partial charge >= 0.3 is 0 Å². The molecule has 0 aliphatic carbocycles. The lowest BCUT2D eigenvalue weighted by Gasteiger charge is -2.36. The molecule has 4 heteroatoms. The Bertz CT molecular complexity index is 380. The summed E-state index contributed by atoms with van der Waals surface area (Å²) in [5, 5.41) is -0.452. The molecule has 1 saturated heterocycles. The molecule has 0 bridgehead atoms. The van der Waals surface area contributed by atoms with Crippen LogP contribution >= 0.6 is 11.6 Å². The number of carbonyl (C=O) groups is 1. The summed E-state index contributed by atoms with van der Waals surface area (Å²) >= 11 is 5.91. The van der Waals surface area contributed by atoms with E-state index in [-0.39, 0.29) is 11.9 Å². The zero-order chi connectivity index (χ0) is 12.3. The molecule has 0 N–H and O–H groups in total. The van der Waals surface area contributed by atoms with Gasteiger partial charge < -0.3 is 4.90 Å². The number of nitrogens with zero attached hydrogens (tertiary/aromatic N) is 2. The zero-order valence-corrected chi connectivity index (χ0v) is 10.7. The van der Waals surface area contributed by atoms with Gasteiger partial charge in [-0.2, -0.15) is 0 Å². The first-order valence-corrected chi connectivity index (χ1v) is 6.48. The van der Waals surface area contributed by atoms with Crippen LogP contribution in [0.5, 0.6) is 0 Å². The molecule has 0 aromatic carbocycles. The Morgan fingerprint density at radius 3 is 3.06 bits per heavy atom. The number of hydrogen-bond acceptors (Lipinski definition) is 2. The van der Waals surface area contributed by atoms with E-state index in [1.807, 2.05) is 23.2 Å². The number of carbonyl (C=O) groups excluding carboxylic acids is 1. The highest BCUT2D eigenvalue weighted by Crippen LogP contribution is 2.31. The van der Waals surface area contributed by atoms with Crippen molar-refractivity contribution < 1.29 is 4.79 Å². The van der Waals surface area contributed by atoms with Gasteiger partial charge in [-0.3, -0.25) is 9.78 Å². The Balaban J connectivity index is 2.21. The zero-order valence-electron chi connectivity index (χ0n) is 9.97. The summed E-state index contributed by atoms with van der Waals surface area (Å²) in [6.45, 7) is 2.54. The van der Waals surface area contributed by atoms with E-state index in [9.17, 15) is 4.79 Å². The van der Waals surface area contributed by atoms with Crippen molar-refractivity contribution >= 4 is 17.5 Å². The maximum Gasteiger partial charge on any atom is 0.240 e. The molecule has 2 rings (SSSR count). The van der Waals surface area contributed by atoms with E-state index in [2.05, 4.69) is 4.98 Å². The monoisotopic (exact) mass is 252 g/mol. The van der Waals surface area contributed by atoms with Crippen LogP contribution in [0, 0.1) is 0 Å². The van der Waals surface area contributed by atoms with Gasteiger partial charge in [-0.15, -0.1) is 11.6 Å². The van der Waals surface area contributed by atoms with Crippen LogP contribution in [0.15, 0.2) is 24.5 Å². The second kappa shape index (κ2) is 5.50. The summed E-state index contributed by atoms with van der Waals surface area (Å²) in [6, 6.07) is 4.09. The highest BCUT2D eigenvalue weighted by molar-refractivity contribution is 6.30. The fourth-order valence-corrected chi connectivity index (χ4v) is 2.47. The van der Waals surface area contributed by atoms with Gasteiger partial charge in [-0.05, 0) is 37.8 Å².